The Labute approximate surface area is 111 Å². The Morgan fingerprint density at radius 1 is 1.32 bits per heavy atom. The summed E-state index contributed by atoms with van der Waals surface area (Å²) >= 11 is 0. The van der Waals surface area contributed by atoms with Gasteiger partial charge in [-0.15, -0.1) is 0 Å². The van der Waals surface area contributed by atoms with Crippen LogP contribution in [0, 0.1) is 13.8 Å². The molecular formula is C13H16N4O2. The number of nitrogens with zero attached hydrogens (tertiary/aromatic N) is 3. The van der Waals surface area contributed by atoms with Crippen LogP contribution in [0.25, 0.3) is 0 Å². The molecule has 0 aromatic carbocycles. The number of amidine groups is 1. The maximum atomic E-state index is 11.8. The summed E-state index contributed by atoms with van der Waals surface area (Å²) in [5, 5.41) is 9.75. The molecule has 3 N–H and O–H groups in total. The molecule has 1 aliphatic rings. The number of hydrogen-bond acceptors (Lipinski definition) is 5. The van der Waals surface area contributed by atoms with Crippen molar-refractivity contribution in [2.24, 2.45) is 10.7 Å². The summed E-state index contributed by atoms with van der Waals surface area (Å²) in [4.78, 5) is 24.0. The predicted molar refractivity (Wildman–Crippen MR) is 71.3 cm³/mol. The Morgan fingerprint density at radius 2 is 1.95 bits per heavy atom. The minimum Gasteiger partial charge on any atom is -0.511 e. The summed E-state index contributed by atoms with van der Waals surface area (Å²) in [6, 6.07) is 1.82. The Balaban J connectivity index is 2.40. The molecule has 1 aromatic heterocycles. The zero-order valence-electron chi connectivity index (χ0n) is 11.0. The smallest absolute Gasteiger partial charge is 0.251 e. The monoisotopic (exact) mass is 260 g/mol. The molecule has 1 aromatic rings. The number of allylic oxidation sites excluding steroid dienone is 1. The van der Waals surface area contributed by atoms with Gasteiger partial charge in [0.25, 0.3) is 5.95 Å². The van der Waals surface area contributed by atoms with Crippen molar-refractivity contribution in [3.63, 3.8) is 0 Å². The Kier molecular flexibility index (Phi) is 3.59. The molecule has 19 heavy (non-hydrogen) atoms. The number of aryl methyl sites for hydroxylation is 2. The quantitative estimate of drug-likeness (QED) is 0.621. The van der Waals surface area contributed by atoms with Gasteiger partial charge in [-0.05, 0) is 26.3 Å². The van der Waals surface area contributed by atoms with E-state index in [1.165, 1.54) is 0 Å². The molecule has 0 aliphatic heterocycles. The third-order valence-corrected chi connectivity index (χ3v) is 2.83. The van der Waals surface area contributed by atoms with Crippen LogP contribution in [0.3, 0.4) is 0 Å². The topological polar surface area (TPSA) is 101 Å². The van der Waals surface area contributed by atoms with E-state index < -0.39 is 0 Å². The molecule has 1 aliphatic carbocycles. The first kappa shape index (κ1) is 13.2. The summed E-state index contributed by atoms with van der Waals surface area (Å²) in [5.74, 6) is -0.00266. The predicted octanol–water partition coefficient (Wildman–Crippen LogP) is 1.65. The van der Waals surface area contributed by atoms with Gasteiger partial charge >= 0.3 is 0 Å². The number of Topliss-reactive ketones (excluding diaryl/α,β-unsaturated/α-hetero) is 1. The highest BCUT2D eigenvalue weighted by atomic mass is 16.3. The van der Waals surface area contributed by atoms with Gasteiger partial charge in [0.05, 0.1) is 5.57 Å². The van der Waals surface area contributed by atoms with Gasteiger partial charge in [-0.3, -0.25) is 4.79 Å². The first-order chi connectivity index (χ1) is 8.97. The van der Waals surface area contributed by atoms with E-state index in [1.54, 1.807) is 0 Å². The number of hydrogen-bond donors (Lipinski definition) is 2. The Bertz CT molecular complexity index is 570. The molecule has 0 bridgehead atoms. The number of rotatable bonds is 2. The molecule has 0 atom stereocenters. The van der Waals surface area contributed by atoms with Crippen LogP contribution in [-0.2, 0) is 4.79 Å². The Morgan fingerprint density at radius 3 is 2.53 bits per heavy atom. The normalized spacial score (nSPS) is 16.9. The number of ketones is 1. The number of carbonyl (C=O) groups is 1. The van der Waals surface area contributed by atoms with Crippen LogP contribution < -0.4 is 5.73 Å². The highest BCUT2D eigenvalue weighted by Crippen LogP contribution is 2.21. The molecular weight excluding hydrogens is 244 g/mol. The van der Waals surface area contributed by atoms with Crippen LogP contribution >= 0.6 is 0 Å². The van der Waals surface area contributed by atoms with Crippen molar-refractivity contribution in [3.05, 3.63) is 28.8 Å². The van der Waals surface area contributed by atoms with Gasteiger partial charge in [0.1, 0.15) is 11.6 Å². The lowest BCUT2D eigenvalue weighted by molar-refractivity contribution is -0.115. The number of aromatic nitrogens is 2. The van der Waals surface area contributed by atoms with E-state index in [0.717, 1.165) is 11.4 Å². The molecule has 0 saturated heterocycles. The average molecular weight is 260 g/mol. The van der Waals surface area contributed by atoms with Crippen LogP contribution in [0.1, 0.15) is 30.7 Å². The molecule has 6 heteroatoms. The zero-order valence-corrected chi connectivity index (χ0v) is 11.0. The third-order valence-electron chi connectivity index (χ3n) is 2.83. The fourth-order valence-electron chi connectivity index (χ4n) is 2.04. The largest absolute Gasteiger partial charge is 0.511 e. The zero-order chi connectivity index (χ0) is 14.0. The molecule has 0 radical (unpaired) electrons. The summed E-state index contributed by atoms with van der Waals surface area (Å²) in [6.07, 6.45) is 1.47. The maximum Gasteiger partial charge on any atom is 0.251 e. The molecule has 1 heterocycles. The van der Waals surface area contributed by atoms with Gasteiger partial charge in [-0.2, -0.15) is 4.99 Å². The number of carbonyl (C=O) groups excluding carboxylic acids is 1. The number of aliphatic imine (C=N–C) groups is 1. The lowest BCUT2D eigenvalue weighted by atomic mass is 9.95. The van der Waals surface area contributed by atoms with E-state index in [1.807, 2.05) is 19.9 Å². The average Bonchev–Trinajstić information content (AvgIpc) is 2.26. The van der Waals surface area contributed by atoms with E-state index >= 15 is 0 Å². The third kappa shape index (κ3) is 2.96. The lowest BCUT2D eigenvalue weighted by Gasteiger charge is -2.14. The fraction of sp³-hybridized carbons (Fsp3) is 0.385. The summed E-state index contributed by atoms with van der Waals surface area (Å²) in [5.41, 5.74) is 7.44. The molecule has 2 rings (SSSR count). The van der Waals surface area contributed by atoms with Gasteiger partial charge in [0.15, 0.2) is 5.78 Å². The maximum absolute atomic E-state index is 11.8. The molecule has 0 unspecified atom stereocenters. The summed E-state index contributed by atoms with van der Waals surface area (Å²) < 4.78 is 0. The highest BCUT2D eigenvalue weighted by Gasteiger charge is 2.23. The van der Waals surface area contributed by atoms with Crippen molar-refractivity contribution in [1.82, 2.24) is 9.97 Å². The van der Waals surface area contributed by atoms with E-state index in [0.29, 0.717) is 19.3 Å². The van der Waals surface area contributed by atoms with Gasteiger partial charge in [0, 0.05) is 24.2 Å². The van der Waals surface area contributed by atoms with Crippen LogP contribution in [0.15, 0.2) is 22.4 Å². The highest BCUT2D eigenvalue weighted by molar-refractivity contribution is 6.22. The van der Waals surface area contributed by atoms with Crippen molar-refractivity contribution in [2.75, 3.05) is 0 Å². The molecule has 0 saturated carbocycles. The summed E-state index contributed by atoms with van der Waals surface area (Å²) in [7, 11) is 0. The summed E-state index contributed by atoms with van der Waals surface area (Å²) in [6.45, 7) is 3.65. The fourth-order valence-corrected chi connectivity index (χ4v) is 2.04. The van der Waals surface area contributed by atoms with Gasteiger partial charge in [0.2, 0.25) is 0 Å². The Hall–Kier alpha value is -2.24. The van der Waals surface area contributed by atoms with Crippen LogP contribution in [0.4, 0.5) is 5.95 Å². The van der Waals surface area contributed by atoms with Gasteiger partial charge < -0.3 is 10.8 Å². The number of aliphatic hydroxyl groups excluding tert-OH is 1. The van der Waals surface area contributed by atoms with Crippen LogP contribution in [0.5, 0.6) is 0 Å². The SMILES string of the molecule is Cc1cc(C)nc(N=C(N)C2=C(O)CCCC2=O)n1. The minimum absolute atomic E-state index is 0.00174. The van der Waals surface area contributed by atoms with Gasteiger partial charge in [-0.1, -0.05) is 0 Å². The van der Waals surface area contributed by atoms with Crippen molar-refractivity contribution < 1.29 is 9.90 Å². The first-order valence-electron chi connectivity index (χ1n) is 6.09. The van der Waals surface area contributed by atoms with Gasteiger partial charge in [-0.25, -0.2) is 9.97 Å². The van der Waals surface area contributed by atoms with E-state index in [4.69, 9.17) is 5.73 Å². The lowest BCUT2D eigenvalue weighted by Crippen LogP contribution is -2.25. The van der Waals surface area contributed by atoms with Crippen molar-refractivity contribution >= 4 is 17.6 Å². The molecule has 100 valence electrons. The second-order valence-corrected chi connectivity index (χ2v) is 4.55. The van der Waals surface area contributed by atoms with E-state index in [-0.39, 0.29) is 28.9 Å². The van der Waals surface area contributed by atoms with E-state index in [2.05, 4.69) is 15.0 Å². The molecule has 0 fully saturated rings. The van der Waals surface area contributed by atoms with E-state index in [9.17, 15) is 9.90 Å². The molecule has 6 nitrogen and oxygen atoms in total. The van der Waals surface area contributed by atoms with Crippen LogP contribution in [-0.4, -0.2) is 26.7 Å². The number of nitrogens with two attached hydrogens (primary N) is 1. The van der Waals surface area contributed by atoms with Crippen LogP contribution in [0.2, 0.25) is 0 Å². The minimum atomic E-state index is -0.186. The number of aliphatic hydroxyl groups is 1. The van der Waals surface area contributed by atoms with Crippen molar-refractivity contribution in [2.45, 2.75) is 33.1 Å². The first-order valence-corrected chi connectivity index (χ1v) is 6.09. The second-order valence-electron chi connectivity index (χ2n) is 4.55. The standard InChI is InChI=1S/C13H16N4O2/c1-7-6-8(2)16-13(15-7)17-12(14)11-9(18)4-3-5-10(11)19/h6,18H,3-5H2,1-2H3,(H2,14,15,16,17). The van der Waals surface area contributed by atoms with Crippen molar-refractivity contribution in [3.8, 4) is 0 Å². The second kappa shape index (κ2) is 5.17. The molecule has 0 amide bonds. The molecule has 0 spiro atoms. The van der Waals surface area contributed by atoms with Crippen molar-refractivity contribution in [1.29, 1.82) is 0 Å².